The number of benzene rings is 2. The Morgan fingerprint density at radius 1 is 1.15 bits per heavy atom. The predicted octanol–water partition coefficient (Wildman–Crippen LogP) is 6.70. The van der Waals surface area contributed by atoms with Gasteiger partial charge >= 0.3 is 5.97 Å². The van der Waals surface area contributed by atoms with E-state index in [0.717, 1.165) is 22.1 Å². The second-order valence-electron chi connectivity index (χ2n) is 7.76. The fraction of sp³-hybridized carbons (Fsp3) is 0.185. The summed E-state index contributed by atoms with van der Waals surface area (Å²) in [4.78, 5) is 25.0. The Labute approximate surface area is 201 Å². The molecule has 2 aromatic carbocycles. The number of rotatable bonds is 7. The van der Waals surface area contributed by atoms with Gasteiger partial charge < -0.3 is 19.2 Å². The molecule has 174 valence electrons. The molecule has 0 unspecified atom stereocenters. The largest absolute Gasteiger partial charge is 0.493 e. The van der Waals surface area contributed by atoms with E-state index in [-0.39, 0.29) is 5.91 Å². The lowest BCUT2D eigenvalue weighted by atomic mass is 9.98. The van der Waals surface area contributed by atoms with Crippen LogP contribution in [0.25, 0.3) is 27.7 Å². The smallest absolute Gasteiger partial charge is 0.350 e. The van der Waals surface area contributed by atoms with Gasteiger partial charge in [0.2, 0.25) is 5.91 Å². The number of esters is 1. The Morgan fingerprint density at radius 2 is 1.91 bits per heavy atom. The molecule has 4 aromatic rings. The van der Waals surface area contributed by atoms with Crippen LogP contribution in [0.15, 0.2) is 64.6 Å². The van der Waals surface area contributed by atoms with Crippen molar-refractivity contribution in [1.82, 2.24) is 0 Å². The van der Waals surface area contributed by atoms with Crippen LogP contribution >= 0.6 is 11.3 Å². The van der Waals surface area contributed by atoms with Gasteiger partial charge in [0.15, 0.2) is 0 Å². The first-order chi connectivity index (χ1) is 16.4. The van der Waals surface area contributed by atoms with Gasteiger partial charge in [-0.25, -0.2) is 4.79 Å². The van der Waals surface area contributed by atoms with Crippen LogP contribution in [-0.2, 0) is 9.53 Å². The number of amides is 1. The van der Waals surface area contributed by atoms with Crippen LogP contribution in [0.4, 0.5) is 5.69 Å². The number of furan rings is 1. The van der Waals surface area contributed by atoms with Crippen molar-refractivity contribution < 1.29 is 23.5 Å². The molecule has 0 bridgehead atoms. The minimum absolute atomic E-state index is 0.347. The summed E-state index contributed by atoms with van der Waals surface area (Å²) >= 11 is 1.21. The van der Waals surface area contributed by atoms with Gasteiger partial charge in [0.1, 0.15) is 16.2 Å². The average molecular weight is 476 g/mol. The van der Waals surface area contributed by atoms with Crippen molar-refractivity contribution >= 4 is 45.4 Å². The molecule has 0 saturated heterocycles. The Morgan fingerprint density at radius 3 is 2.62 bits per heavy atom. The standard InChI is InChI=1S/C27H25NO5S/c1-5-32-23-14-24-20(21(15-33-24)18-8-6-16(2)7-9-18)13-19(23)17(3)12-25(29)28-22-10-11-34-26(22)27(30)31-4/h6-15H,5H2,1-4H3,(H,28,29)/b17-12+. The Kier molecular flexibility index (Phi) is 6.84. The molecular weight excluding hydrogens is 450 g/mol. The molecule has 34 heavy (non-hydrogen) atoms. The quantitative estimate of drug-likeness (QED) is 0.238. The number of ether oxygens (including phenoxy) is 2. The van der Waals surface area contributed by atoms with Crippen LogP contribution in [0.5, 0.6) is 5.75 Å². The molecule has 7 heteroatoms. The summed E-state index contributed by atoms with van der Waals surface area (Å²) < 4.78 is 16.5. The first kappa shape index (κ1) is 23.3. The highest BCUT2D eigenvalue weighted by Crippen LogP contribution is 2.37. The van der Waals surface area contributed by atoms with Gasteiger partial charge in [-0.05, 0) is 49.4 Å². The molecule has 1 amide bonds. The van der Waals surface area contributed by atoms with Crippen molar-refractivity contribution in [1.29, 1.82) is 0 Å². The van der Waals surface area contributed by atoms with Gasteiger partial charge in [-0.3, -0.25) is 4.79 Å². The monoisotopic (exact) mass is 475 g/mol. The molecular formula is C27H25NO5S. The van der Waals surface area contributed by atoms with Crippen molar-refractivity contribution in [2.24, 2.45) is 0 Å². The number of carbonyl (C=O) groups is 2. The van der Waals surface area contributed by atoms with Crippen molar-refractivity contribution in [3.05, 3.63) is 76.2 Å². The minimum Gasteiger partial charge on any atom is -0.493 e. The number of carbonyl (C=O) groups excluding carboxylic acids is 2. The van der Waals surface area contributed by atoms with E-state index in [1.54, 1.807) is 17.7 Å². The van der Waals surface area contributed by atoms with Crippen molar-refractivity contribution in [3.63, 3.8) is 0 Å². The highest BCUT2D eigenvalue weighted by molar-refractivity contribution is 7.12. The number of allylic oxidation sites excluding steroid dienone is 1. The van der Waals surface area contributed by atoms with E-state index in [0.29, 0.717) is 34.1 Å². The zero-order valence-corrected chi connectivity index (χ0v) is 20.2. The van der Waals surface area contributed by atoms with E-state index in [2.05, 4.69) is 29.6 Å². The second kappa shape index (κ2) is 9.97. The molecule has 0 radical (unpaired) electrons. The summed E-state index contributed by atoms with van der Waals surface area (Å²) in [6.45, 7) is 6.28. The Hall–Kier alpha value is -3.84. The number of methoxy groups -OCH3 is 1. The fourth-order valence-corrected chi connectivity index (χ4v) is 4.46. The molecule has 0 saturated carbocycles. The maximum atomic E-state index is 12.8. The van der Waals surface area contributed by atoms with E-state index in [1.165, 1.54) is 30.1 Å². The van der Waals surface area contributed by atoms with Crippen molar-refractivity contribution in [2.75, 3.05) is 19.0 Å². The first-order valence-electron chi connectivity index (χ1n) is 10.8. The van der Waals surface area contributed by atoms with E-state index >= 15 is 0 Å². The molecule has 6 nitrogen and oxygen atoms in total. The maximum absolute atomic E-state index is 12.8. The SMILES string of the molecule is CCOc1cc2occ(-c3ccc(C)cc3)c2cc1/C(C)=C/C(=O)Nc1ccsc1C(=O)OC. The van der Waals surface area contributed by atoms with Crippen LogP contribution in [-0.4, -0.2) is 25.6 Å². The third-order valence-corrected chi connectivity index (χ3v) is 6.30. The number of nitrogens with one attached hydrogen (secondary N) is 1. The summed E-state index contributed by atoms with van der Waals surface area (Å²) in [5, 5.41) is 5.43. The van der Waals surface area contributed by atoms with Crippen molar-refractivity contribution in [3.8, 4) is 16.9 Å². The van der Waals surface area contributed by atoms with Gasteiger partial charge in [-0.2, -0.15) is 0 Å². The summed E-state index contributed by atoms with van der Waals surface area (Å²) in [6, 6.07) is 13.8. The third-order valence-electron chi connectivity index (χ3n) is 5.40. The molecule has 0 aliphatic rings. The molecule has 0 aliphatic carbocycles. The molecule has 1 N–H and O–H groups in total. The summed E-state index contributed by atoms with van der Waals surface area (Å²) in [7, 11) is 1.31. The molecule has 0 spiro atoms. The lowest BCUT2D eigenvalue weighted by molar-refractivity contribution is -0.111. The van der Waals surface area contributed by atoms with Crippen LogP contribution < -0.4 is 10.1 Å². The summed E-state index contributed by atoms with van der Waals surface area (Å²) in [6.07, 6.45) is 3.24. The molecule has 0 fully saturated rings. The summed E-state index contributed by atoms with van der Waals surface area (Å²) in [5.41, 5.74) is 5.83. The lowest BCUT2D eigenvalue weighted by Gasteiger charge is -2.12. The molecule has 0 atom stereocenters. The van der Waals surface area contributed by atoms with Gasteiger partial charge in [-0.15, -0.1) is 11.3 Å². The Balaban J connectivity index is 1.70. The highest BCUT2D eigenvalue weighted by atomic mass is 32.1. The van der Waals surface area contributed by atoms with Crippen molar-refractivity contribution in [2.45, 2.75) is 20.8 Å². The molecule has 2 aromatic heterocycles. The molecule has 0 aliphatic heterocycles. The van der Waals surface area contributed by atoms with Gasteiger partial charge in [0.05, 0.1) is 25.7 Å². The lowest BCUT2D eigenvalue weighted by Crippen LogP contribution is -2.11. The zero-order valence-electron chi connectivity index (χ0n) is 19.4. The molecule has 4 rings (SSSR count). The van der Waals surface area contributed by atoms with Gasteiger partial charge in [0, 0.05) is 28.7 Å². The number of hydrogen-bond donors (Lipinski definition) is 1. The topological polar surface area (TPSA) is 77.8 Å². The van der Waals surface area contributed by atoms with Gasteiger partial charge in [-0.1, -0.05) is 29.8 Å². The highest BCUT2D eigenvalue weighted by Gasteiger charge is 2.17. The van der Waals surface area contributed by atoms with Gasteiger partial charge in [0.25, 0.3) is 0 Å². The van der Waals surface area contributed by atoms with Crippen LogP contribution in [0.1, 0.15) is 34.6 Å². The second-order valence-corrected chi connectivity index (χ2v) is 8.68. The van der Waals surface area contributed by atoms with E-state index < -0.39 is 5.97 Å². The number of anilines is 1. The molecule has 2 heterocycles. The van der Waals surface area contributed by atoms with Crippen LogP contribution in [0.3, 0.4) is 0 Å². The normalized spacial score (nSPS) is 11.5. The van der Waals surface area contributed by atoms with E-state index in [9.17, 15) is 9.59 Å². The summed E-state index contributed by atoms with van der Waals surface area (Å²) in [5.74, 6) is -0.208. The maximum Gasteiger partial charge on any atom is 0.350 e. The van der Waals surface area contributed by atoms with Crippen LogP contribution in [0.2, 0.25) is 0 Å². The zero-order chi connectivity index (χ0) is 24.2. The first-order valence-corrected chi connectivity index (χ1v) is 11.7. The average Bonchev–Trinajstić information content (AvgIpc) is 3.45. The number of fused-ring (bicyclic) bond motifs is 1. The number of thiophene rings is 1. The number of aryl methyl sites for hydroxylation is 1. The predicted molar refractivity (Wildman–Crippen MR) is 135 cm³/mol. The van der Waals surface area contributed by atoms with E-state index in [4.69, 9.17) is 13.9 Å². The number of hydrogen-bond acceptors (Lipinski definition) is 6. The Bertz CT molecular complexity index is 1380. The van der Waals surface area contributed by atoms with Crippen LogP contribution in [0, 0.1) is 6.92 Å². The fourth-order valence-electron chi connectivity index (χ4n) is 3.70. The third kappa shape index (κ3) is 4.75. The van der Waals surface area contributed by atoms with E-state index in [1.807, 2.05) is 32.9 Å². The minimum atomic E-state index is -0.487.